The van der Waals surface area contributed by atoms with Crippen molar-refractivity contribution in [3.63, 3.8) is 0 Å². The summed E-state index contributed by atoms with van der Waals surface area (Å²) in [5.74, 6) is 0.162. The number of nitrogens with zero attached hydrogens (tertiary/aromatic N) is 1. The molecular weight excluding hydrogens is 647 g/mol. The van der Waals surface area contributed by atoms with Crippen LogP contribution < -0.4 is 4.74 Å². The van der Waals surface area contributed by atoms with Crippen LogP contribution in [0.3, 0.4) is 0 Å². The van der Waals surface area contributed by atoms with Gasteiger partial charge in [-0.25, -0.2) is 0 Å². The predicted molar refractivity (Wildman–Crippen MR) is 182 cm³/mol. The lowest BCUT2D eigenvalue weighted by atomic mass is 9.32. The third-order valence-corrected chi connectivity index (χ3v) is 14.7. The molecule has 276 valence electrons. The lowest BCUT2D eigenvalue weighted by molar-refractivity contribution is -0.274. The van der Waals surface area contributed by atoms with E-state index in [9.17, 15) is 38.4 Å². The summed E-state index contributed by atoms with van der Waals surface area (Å²) in [5, 5.41) is 44.2. The second-order valence-electron chi connectivity index (χ2n) is 17.2. The second kappa shape index (κ2) is 12.7. The Morgan fingerprint density at radius 1 is 0.960 bits per heavy atom. The summed E-state index contributed by atoms with van der Waals surface area (Å²) in [4.78, 5) is 16.7. The first-order valence-electron chi connectivity index (χ1n) is 18.8. The summed E-state index contributed by atoms with van der Waals surface area (Å²) in [6.07, 6.45) is 10.9. The Morgan fingerprint density at radius 2 is 1.62 bits per heavy atom. The largest absolute Gasteiger partial charge is 0.573 e. The summed E-state index contributed by atoms with van der Waals surface area (Å²) >= 11 is 0. The molecule has 9 unspecified atom stereocenters. The van der Waals surface area contributed by atoms with Crippen molar-refractivity contribution in [1.82, 2.24) is 4.90 Å². The molecule has 0 amide bonds. The zero-order valence-corrected chi connectivity index (χ0v) is 29.4. The van der Waals surface area contributed by atoms with E-state index in [1.54, 1.807) is 12.1 Å². The molecule has 10 heteroatoms. The highest BCUT2D eigenvalue weighted by molar-refractivity contribution is 6.00. The van der Waals surface area contributed by atoms with Gasteiger partial charge in [-0.3, -0.25) is 9.69 Å². The van der Waals surface area contributed by atoms with Gasteiger partial charge in [0.15, 0.2) is 5.78 Å². The summed E-state index contributed by atoms with van der Waals surface area (Å²) in [6, 6.07) is 5.60. The fourth-order valence-corrected chi connectivity index (χ4v) is 12.2. The Hall–Kier alpha value is -2.24. The van der Waals surface area contributed by atoms with Crippen LogP contribution in [0.25, 0.3) is 0 Å². The minimum atomic E-state index is -4.80. The number of allylic oxidation sites excluding steroid dienone is 4. The number of Topliss-reactive ketones (excluding diaryl/α,β-unsaturated/α-hetero) is 1. The van der Waals surface area contributed by atoms with Crippen LogP contribution in [0.4, 0.5) is 13.2 Å². The van der Waals surface area contributed by atoms with Crippen LogP contribution in [-0.2, 0) is 11.3 Å². The van der Waals surface area contributed by atoms with Gasteiger partial charge in [-0.15, -0.1) is 13.2 Å². The van der Waals surface area contributed by atoms with E-state index in [4.69, 9.17) is 0 Å². The molecule has 4 saturated carbocycles. The van der Waals surface area contributed by atoms with E-state index in [1.807, 2.05) is 4.90 Å². The number of hydrogen-bond acceptors (Lipinski definition) is 7. The average molecular weight is 702 g/mol. The number of benzene rings is 1. The van der Waals surface area contributed by atoms with Crippen molar-refractivity contribution in [2.24, 2.45) is 39.4 Å². The van der Waals surface area contributed by atoms with E-state index in [-0.39, 0.29) is 59.8 Å². The summed E-state index contributed by atoms with van der Waals surface area (Å²) in [7, 11) is 0. The van der Waals surface area contributed by atoms with Gasteiger partial charge in [0.25, 0.3) is 0 Å². The molecular formula is C40H54F3NO6. The molecule has 1 aromatic rings. The average Bonchev–Trinajstić information content (AvgIpc) is 3.34. The number of ether oxygens (including phenoxy) is 1. The lowest BCUT2D eigenvalue weighted by Crippen LogP contribution is -2.67. The van der Waals surface area contributed by atoms with E-state index < -0.39 is 41.6 Å². The maximum absolute atomic E-state index is 14.8. The maximum atomic E-state index is 14.8. The SMILES string of the molecule is CC12CCC(O)CC13C=CC1(C(C(=O)C4CCCCC4)=C3)C2CCC2(C)C1CCC2(O)CN(Cc1ccc(OC(F)(F)F)cc1)CC(O)CO. The third kappa shape index (κ3) is 5.71. The monoisotopic (exact) mass is 701 g/mol. The molecule has 8 rings (SSSR count). The summed E-state index contributed by atoms with van der Waals surface area (Å²) in [6.45, 7) is 4.61. The molecule has 50 heavy (non-hydrogen) atoms. The van der Waals surface area contributed by atoms with Crippen LogP contribution in [0.2, 0.25) is 0 Å². The fourth-order valence-electron chi connectivity index (χ4n) is 12.2. The van der Waals surface area contributed by atoms with Crippen LogP contribution in [0.15, 0.2) is 48.1 Å². The minimum absolute atomic E-state index is 0.000758. The normalized spacial score (nSPS) is 40.2. The molecule has 0 aromatic heterocycles. The zero-order valence-electron chi connectivity index (χ0n) is 29.4. The zero-order chi connectivity index (χ0) is 35.7. The van der Waals surface area contributed by atoms with Crippen LogP contribution in [0, 0.1) is 39.4 Å². The van der Waals surface area contributed by atoms with E-state index in [0.717, 1.165) is 69.8 Å². The smallest absolute Gasteiger partial charge is 0.406 e. The number of ketones is 1. The van der Waals surface area contributed by atoms with E-state index in [2.05, 4.69) is 36.8 Å². The van der Waals surface area contributed by atoms with Gasteiger partial charge in [-0.2, -0.15) is 0 Å². The number of carbonyl (C=O) groups is 1. The van der Waals surface area contributed by atoms with Gasteiger partial charge in [0.05, 0.1) is 24.4 Å². The highest BCUT2D eigenvalue weighted by Gasteiger charge is 2.74. The standard InChI is InChI=1S/C40H54F3NO6/c1-35-15-12-28(46)20-37(35)18-19-39(31(21-37)34(48)27-6-4-3-5-7-27)32(35)13-16-36(2)33(39)14-17-38(36,49)25-44(23-29(47)24-45)22-26-8-10-30(11-9-26)50-40(41,42)43/h8-11,18-19,21,27-29,32-33,45-47,49H,3-7,12-17,20,22-25H2,1-2H3. The molecule has 0 saturated heterocycles. The van der Waals surface area contributed by atoms with E-state index in [1.165, 1.54) is 12.1 Å². The number of aliphatic hydroxyl groups is 4. The Balaban J connectivity index is 1.22. The highest BCUT2D eigenvalue weighted by Crippen LogP contribution is 2.78. The quantitative estimate of drug-likeness (QED) is 0.207. The molecule has 7 aliphatic carbocycles. The van der Waals surface area contributed by atoms with Crippen molar-refractivity contribution in [3.8, 4) is 5.75 Å². The highest BCUT2D eigenvalue weighted by atomic mass is 19.4. The van der Waals surface area contributed by atoms with Crippen molar-refractivity contribution in [2.75, 3.05) is 19.7 Å². The van der Waals surface area contributed by atoms with Gasteiger partial charge in [-0.05, 0) is 92.7 Å². The maximum Gasteiger partial charge on any atom is 0.573 e. The number of alkyl halides is 3. The van der Waals surface area contributed by atoms with Crippen molar-refractivity contribution in [3.05, 3.63) is 53.6 Å². The topological polar surface area (TPSA) is 110 Å². The molecule has 2 bridgehead atoms. The van der Waals surface area contributed by atoms with Crippen molar-refractivity contribution >= 4 is 5.78 Å². The molecule has 0 aliphatic heterocycles. The number of rotatable bonds is 10. The number of hydrogen-bond donors (Lipinski definition) is 4. The fraction of sp³-hybridized carbons (Fsp3) is 0.725. The molecule has 0 heterocycles. The van der Waals surface area contributed by atoms with Gasteiger partial charge < -0.3 is 25.2 Å². The third-order valence-electron chi connectivity index (χ3n) is 14.7. The Kier molecular flexibility index (Phi) is 9.19. The van der Waals surface area contributed by atoms with E-state index in [0.29, 0.717) is 18.4 Å². The molecule has 0 radical (unpaired) electrons. The lowest BCUT2D eigenvalue weighted by Gasteiger charge is -2.71. The predicted octanol–water partition coefficient (Wildman–Crippen LogP) is 6.48. The van der Waals surface area contributed by atoms with Crippen molar-refractivity contribution in [1.29, 1.82) is 0 Å². The first kappa shape index (κ1) is 36.1. The van der Waals surface area contributed by atoms with Crippen LogP contribution in [-0.4, -0.2) is 75.0 Å². The molecule has 9 atom stereocenters. The van der Waals surface area contributed by atoms with Crippen molar-refractivity contribution < 1.29 is 43.1 Å². The molecule has 7 aliphatic rings. The van der Waals surface area contributed by atoms with Gasteiger partial charge in [0.2, 0.25) is 0 Å². The molecule has 4 N–H and O–H groups in total. The minimum Gasteiger partial charge on any atom is -0.406 e. The number of carbonyl (C=O) groups excluding carboxylic acids is 1. The molecule has 7 nitrogen and oxygen atoms in total. The first-order valence-corrected chi connectivity index (χ1v) is 18.8. The second-order valence-corrected chi connectivity index (χ2v) is 17.2. The number of fused-ring (bicyclic) bond motifs is 1. The summed E-state index contributed by atoms with van der Waals surface area (Å²) < 4.78 is 42.4. The number of aliphatic hydroxyl groups excluding tert-OH is 3. The number of halogens is 3. The van der Waals surface area contributed by atoms with Crippen LogP contribution in [0.5, 0.6) is 5.75 Å². The Morgan fingerprint density at radius 3 is 2.30 bits per heavy atom. The van der Waals surface area contributed by atoms with Crippen molar-refractivity contribution in [2.45, 2.75) is 122 Å². The molecule has 4 fully saturated rings. The Labute approximate surface area is 293 Å². The first-order chi connectivity index (χ1) is 23.6. The Bertz CT molecular complexity index is 1510. The van der Waals surface area contributed by atoms with Gasteiger partial charge >= 0.3 is 6.36 Å². The molecule has 2 spiro atoms. The van der Waals surface area contributed by atoms with Gasteiger partial charge in [0, 0.05) is 47.4 Å². The van der Waals surface area contributed by atoms with Crippen LogP contribution in [0.1, 0.15) is 96.5 Å². The van der Waals surface area contributed by atoms with Crippen LogP contribution >= 0.6 is 0 Å². The molecule has 1 aromatic carbocycles. The van der Waals surface area contributed by atoms with Gasteiger partial charge in [0.1, 0.15) is 5.75 Å². The van der Waals surface area contributed by atoms with Gasteiger partial charge in [-0.1, -0.05) is 63.5 Å². The summed E-state index contributed by atoms with van der Waals surface area (Å²) in [5.41, 5.74) is -1.14. The van der Waals surface area contributed by atoms with E-state index >= 15 is 0 Å².